The van der Waals surface area contributed by atoms with E-state index in [4.69, 9.17) is 10.5 Å². The van der Waals surface area contributed by atoms with Crippen LogP contribution in [0.4, 0.5) is 0 Å². The van der Waals surface area contributed by atoms with E-state index in [9.17, 15) is 13.2 Å². The molecule has 0 heterocycles. The van der Waals surface area contributed by atoms with E-state index in [1.165, 1.54) is 18.2 Å². The average Bonchev–Trinajstić information content (AvgIpc) is 2.37. The summed E-state index contributed by atoms with van der Waals surface area (Å²) in [6.07, 6.45) is 0. The molecule has 0 radical (unpaired) electrons. The summed E-state index contributed by atoms with van der Waals surface area (Å²) in [7, 11) is -3.79. The Bertz CT molecular complexity index is 635. The smallest absolute Gasteiger partial charge is 0.338 e. The molecule has 0 fully saturated rings. The van der Waals surface area contributed by atoms with Gasteiger partial charge in [0.1, 0.15) is 0 Å². The van der Waals surface area contributed by atoms with E-state index in [1.54, 1.807) is 20.8 Å². The van der Waals surface area contributed by atoms with Crippen molar-refractivity contribution in [3.8, 4) is 0 Å². The van der Waals surface area contributed by atoms with Gasteiger partial charge in [0.2, 0.25) is 10.0 Å². The molecule has 0 aliphatic rings. The number of halogens is 2. The fourth-order valence-electron chi connectivity index (χ4n) is 1.51. The molecule has 0 bridgehead atoms. The van der Waals surface area contributed by atoms with E-state index >= 15 is 0 Å². The number of hydrogen-bond acceptors (Lipinski definition) is 5. The monoisotopic (exact) mass is 414 g/mol. The molecular weight excluding hydrogens is 396 g/mol. The highest BCUT2D eigenvalue weighted by molar-refractivity contribution is 9.10. The number of benzene rings is 1. The third-order valence-corrected chi connectivity index (χ3v) is 4.75. The predicted molar refractivity (Wildman–Crippen MR) is 90.8 cm³/mol. The molecule has 22 heavy (non-hydrogen) atoms. The van der Waals surface area contributed by atoms with Crippen LogP contribution in [0.25, 0.3) is 0 Å². The second-order valence-electron chi connectivity index (χ2n) is 5.09. The van der Waals surface area contributed by atoms with Gasteiger partial charge >= 0.3 is 5.97 Å². The molecule has 0 spiro atoms. The minimum Gasteiger partial charge on any atom is -0.462 e. The van der Waals surface area contributed by atoms with Crippen molar-refractivity contribution in [2.75, 3.05) is 13.2 Å². The second kappa shape index (κ2) is 8.26. The maximum atomic E-state index is 12.4. The topological polar surface area (TPSA) is 98.5 Å². The standard InChI is InChI=1S/C13H19BrN2O4S.ClH/c1-4-20-12(17)9-5-10(14)7-11(6-9)21(18,19)16-13(2,3)8-15;/h5-7,16H,4,8,15H2,1-3H3;1H. The summed E-state index contributed by atoms with van der Waals surface area (Å²) >= 11 is 3.20. The highest BCUT2D eigenvalue weighted by Gasteiger charge is 2.26. The summed E-state index contributed by atoms with van der Waals surface area (Å²) in [6, 6.07) is 4.19. The van der Waals surface area contributed by atoms with Crippen molar-refractivity contribution in [1.29, 1.82) is 0 Å². The average molecular weight is 416 g/mol. The lowest BCUT2D eigenvalue weighted by Gasteiger charge is -2.24. The first-order valence-corrected chi connectivity index (χ1v) is 8.60. The van der Waals surface area contributed by atoms with Crippen LogP contribution < -0.4 is 10.5 Å². The first-order valence-electron chi connectivity index (χ1n) is 6.33. The summed E-state index contributed by atoms with van der Waals surface area (Å²) in [6.45, 7) is 5.39. The van der Waals surface area contributed by atoms with Gasteiger partial charge < -0.3 is 10.5 Å². The molecule has 126 valence electrons. The Labute approximate surface area is 145 Å². The first kappa shape index (κ1) is 21.3. The van der Waals surface area contributed by atoms with Crippen molar-refractivity contribution in [3.05, 3.63) is 28.2 Å². The second-order valence-corrected chi connectivity index (χ2v) is 7.69. The molecule has 0 saturated carbocycles. The van der Waals surface area contributed by atoms with Gasteiger partial charge in [0.15, 0.2) is 0 Å². The largest absolute Gasteiger partial charge is 0.462 e. The lowest BCUT2D eigenvalue weighted by molar-refractivity contribution is 0.0526. The molecule has 0 unspecified atom stereocenters. The van der Waals surface area contributed by atoms with Gasteiger partial charge in [-0.2, -0.15) is 0 Å². The normalized spacial score (nSPS) is 11.7. The Hall–Kier alpha value is -0.670. The molecule has 1 rings (SSSR count). The van der Waals surface area contributed by atoms with Crippen LogP contribution >= 0.6 is 28.3 Å². The van der Waals surface area contributed by atoms with Gasteiger partial charge in [-0.15, -0.1) is 12.4 Å². The van der Waals surface area contributed by atoms with E-state index in [2.05, 4.69) is 20.7 Å². The van der Waals surface area contributed by atoms with Crippen molar-refractivity contribution < 1.29 is 17.9 Å². The minimum absolute atomic E-state index is 0. The Morgan fingerprint density at radius 3 is 2.45 bits per heavy atom. The minimum atomic E-state index is -3.79. The van der Waals surface area contributed by atoms with Crippen LogP contribution in [0.1, 0.15) is 31.1 Å². The van der Waals surface area contributed by atoms with Crippen molar-refractivity contribution in [3.63, 3.8) is 0 Å². The molecule has 0 aromatic heterocycles. The van der Waals surface area contributed by atoms with E-state index in [0.29, 0.717) is 4.47 Å². The summed E-state index contributed by atoms with van der Waals surface area (Å²) in [5.41, 5.74) is 4.91. The molecule has 3 N–H and O–H groups in total. The molecule has 1 aromatic rings. The number of ether oxygens (including phenoxy) is 1. The van der Waals surface area contributed by atoms with Gasteiger partial charge in [-0.25, -0.2) is 17.9 Å². The van der Waals surface area contributed by atoms with Crippen molar-refractivity contribution in [2.45, 2.75) is 31.2 Å². The van der Waals surface area contributed by atoms with Gasteiger partial charge in [0.05, 0.1) is 17.1 Å². The zero-order chi connectivity index (χ0) is 16.3. The SMILES string of the molecule is CCOC(=O)c1cc(Br)cc(S(=O)(=O)NC(C)(C)CN)c1.Cl. The van der Waals surface area contributed by atoms with Gasteiger partial charge in [-0.1, -0.05) is 15.9 Å². The first-order chi connectivity index (χ1) is 9.61. The molecule has 0 aliphatic carbocycles. The van der Waals surface area contributed by atoms with Crippen molar-refractivity contribution in [2.24, 2.45) is 5.73 Å². The van der Waals surface area contributed by atoms with Crippen LogP contribution in [0.5, 0.6) is 0 Å². The molecule has 6 nitrogen and oxygen atoms in total. The number of hydrogen-bond donors (Lipinski definition) is 2. The van der Waals surface area contributed by atoms with Crippen molar-refractivity contribution >= 4 is 44.3 Å². The number of esters is 1. The van der Waals surface area contributed by atoms with Crippen LogP contribution in [0.3, 0.4) is 0 Å². The Morgan fingerprint density at radius 1 is 1.36 bits per heavy atom. The molecular formula is C13H20BrClN2O4S. The van der Waals surface area contributed by atoms with Gasteiger partial charge in [-0.05, 0) is 39.0 Å². The third kappa shape index (κ3) is 5.85. The number of carbonyl (C=O) groups excluding carboxylic acids is 1. The Kier molecular flexibility index (Phi) is 8.01. The maximum Gasteiger partial charge on any atom is 0.338 e. The fourth-order valence-corrected chi connectivity index (χ4v) is 3.65. The molecule has 0 amide bonds. The van der Waals surface area contributed by atoms with Gasteiger partial charge in [0, 0.05) is 16.6 Å². The highest BCUT2D eigenvalue weighted by atomic mass is 79.9. The number of rotatable bonds is 6. The Balaban J connectivity index is 0.00000441. The highest BCUT2D eigenvalue weighted by Crippen LogP contribution is 2.21. The van der Waals surface area contributed by atoms with Crippen LogP contribution in [0, 0.1) is 0 Å². The summed E-state index contributed by atoms with van der Waals surface area (Å²) in [5, 5.41) is 0. The summed E-state index contributed by atoms with van der Waals surface area (Å²) < 4.78 is 32.6. The molecule has 0 saturated heterocycles. The lowest BCUT2D eigenvalue weighted by Crippen LogP contribution is -2.48. The molecule has 0 aliphatic heterocycles. The third-order valence-electron chi connectivity index (χ3n) is 2.61. The zero-order valence-corrected chi connectivity index (χ0v) is 15.8. The molecule has 9 heteroatoms. The van der Waals surface area contributed by atoms with Gasteiger partial charge in [0.25, 0.3) is 0 Å². The maximum absolute atomic E-state index is 12.4. The number of carbonyl (C=O) groups is 1. The Morgan fingerprint density at radius 2 is 1.95 bits per heavy atom. The predicted octanol–water partition coefficient (Wildman–Crippen LogP) is 2.06. The lowest BCUT2D eigenvalue weighted by atomic mass is 10.1. The van der Waals surface area contributed by atoms with Crippen LogP contribution in [0.2, 0.25) is 0 Å². The molecule has 0 atom stereocenters. The van der Waals surface area contributed by atoms with E-state index in [0.717, 1.165) is 0 Å². The van der Waals surface area contributed by atoms with Gasteiger partial charge in [-0.3, -0.25) is 0 Å². The number of sulfonamides is 1. The number of nitrogens with one attached hydrogen (secondary N) is 1. The number of nitrogens with two attached hydrogens (primary N) is 1. The summed E-state index contributed by atoms with van der Waals surface area (Å²) in [4.78, 5) is 11.7. The zero-order valence-electron chi connectivity index (χ0n) is 12.6. The fraction of sp³-hybridized carbons (Fsp3) is 0.462. The van der Waals surface area contributed by atoms with E-state index in [-0.39, 0.29) is 36.0 Å². The summed E-state index contributed by atoms with van der Waals surface area (Å²) in [5.74, 6) is -0.576. The van der Waals surface area contributed by atoms with Crippen molar-refractivity contribution in [1.82, 2.24) is 4.72 Å². The van der Waals surface area contributed by atoms with E-state index < -0.39 is 21.5 Å². The quantitative estimate of drug-likeness (QED) is 0.693. The molecule has 1 aromatic carbocycles. The van der Waals surface area contributed by atoms with Crippen LogP contribution in [-0.2, 0) is 14.8 Å². The van der Waals surface area contributed by atoms with Crippen LogP contribution in [-0.4, -0.2) is 33.1 Å². The van der Waals surface area contributed by atoms with E-state index in [1.807, 2.05) is 0 Å². The van der Waals surface area contributed by atoms with Crippen LogP contribution in [0.15, 0.2) is 27.6 Å².